The highest BCUT2D eigenvalue weighted by Gasteiger charge is 2.22. The minimum atomic E-state index is -0.789. The van der Waals surface area contributed by atoms with Crippen molar-refractivity contribution in [1.29, 1.82) is 0 Å². The number of rotatable bonds is 6. The number of nitrogens with one attached hydrogen (secondary N) is 1. The Bertz CT molecular complexity index is 283. The fourth-order valence-corrected chi connectivity index (χ4v) is 2.80. The van der Waals surface area contributed by atoms with Crippen molar-refractivity contribution in [2.75, 3.05) is 0 Å². The van der Waals surface area contributed by atoms with Crippen LogP contribution >= 0.6 is 0 Å². The van der Waals surface area contributed by atoms with Crippen LogP contribution in [-0.2, 0) is 9.59 Å². The second kappa shape index (κ2) is 7.39. The van der Waals surface area contributed by atoms with E-state index in [-0.39, 0.29) is 18.4 Å². The molecule has 0 bridgehead atoms. The van der Waals surface area contributed by atoms with Gasteiger partial charge in [-0.2, -0.15) is 0 Å². The summed E-state index contributed by atoms with van der Waals surface area (Å²) in [6.07, 6.45) is 6.55. The van der Waals surface area contributed by atoms with Gasteiger partial charge in [-0.25, -0.2) is 0 Å². The van der Waals surface area contributed by atoms with Crippen LogP contribution in [-0.4, -0.2) is 23.0 Å². The maximum absolute atomic E-state index is 11.1. The summed E-state index contributed by atoms with van der Waals surface area (Å²) in [5.74, 6) is 0.614. The number of carboxylic acid groups (broad SMARTS) is 1. The topological polar surface area (TPSA) is 66.4 Å². The minimum Gasteiger partial charge on any atom is -0.481 e. The molecule has 0 saturated heterocycles. The highest BCUT2D eigenvalue weighted by Crippen LogP contribution is 2.31. The van der Waals surface area contributed by atoms with Gasteiger partial charge >= 0.3 is 5.97 Å². The molecule has 18 heavy (non-hydrogen) atoms. The van der Waals surface area contributed by atoms with Gasteiger partial charge in [0.15, 0.2) is 0 Å². The Kier molecular flexibility index (Phi) is 6.16. The lowest BCUT2D eigenvalue weighted by molar-refractivity contribution is -0.137. The Morgan fingerprint density at radius 3 is 2.39 bits per heavy atom. The van der Waals surface area contributed by atoms with Crippen molar-refractivity contribution >= 4 is 11.9 Å². The first-order valence-corrected chi connectivity index (χ1v) is 6.96. The number of carboxylic acids is 1. The number of aliphatic carboxylic acids is 1. The third-order valence-corrected chi connectivity index (χ3v) is 3.87. The van der Waals surface area contributed by atoms with E-state index >= 15 is 0 Å². The summed E-state index contributed by atoms with van der Waals surface area (Å²) >= 11 is 0. The molecule has 1 saturated carbocycles. The summed E-state index contributed by atoms with van der Waals surface area (Å²) in [5, 5.41) is 11.6. The summed E-state index contributed by atoms with van der Waals surface area (Å²) in [5.41, 5.74) is 0. The van der Waals surface area contributed by atoms with E-state index < -0.39 is 5.97 Å². The molecule has 1 fully saturated rings. The predicted octanol–water partition coefficient (Wildman–Crippen LogP) is 2.57. The Labute approximate surface area is 109 Å². The molecule has 1 aliphatic rings. The van der Waals surface area contributed by atoms with E-state index in [1.54, 1.807) is 0 Å². The molecular formula is C14H25NO3. The molecule has 104 valence electrons. The maximum Gasteiger partial charge on any atom is 0.303 e. The van der Waals surface area contributed by atoms with Crippen LogP contribution in [0.5, 0.6) is 0 Å². The van der Waals surface area contributed by atoms with Crippen LogP contribution in [0.25, 0.3) is 0 Å². The normalized spacial score (nSPS) is 25.4. The van der Waals surface area contributed by atoms with E-state index in [0.717, 1.165) is 12.3 Å². The van der Waals surface area contributed by atoms with Gasteiger partial charge in [0.25, 0.3) is 0 Å². The third kappa shape index (κ3) is 6.03. The molecule has 0 spiro atoms. The summed E-state index contributed by atoms with van der Waals surface area (Å²) in [4.78, 5) is 21.7. The van der Waals surface area contributed by atoms with E-state index in [1.807, 2.05) is 0 Å². The van der Waals surface area contributed by atoms with Crippen LogP contribution in [0.2, 0.25) is 0 Å². The van der Waals surface area contributed by atoms with Gasteiger partial charge in [0.1, 0.15) is 0 Å². The minimum absolute atomic E-state index is 0.0250. The fraction of sp³-hybridized carbons (Fsp3) is 0.857. The van der Waals surface area contributed by atoms with Gasteiger partial charge < -0.3 is 10.4 Å². The quantitative estimate of drug-likeness (QED) is 0.766. The van der Waals surface area contributed by atoms with E-state index in [4.69, 9.17) is 5.11 Å². The third-order valence-electron chi connectivity index (χ3n) is 3.87. The van der Waals surface area contributed by atoms with Gasteiger partial charge in [-0.05, 0) is 24.7 Å². The van der Waals surface area contributed by atoms with Crippen molar-refractivity contribution in [2.45, 2.75) is 64.8 Å². The van der Waals surface area contributed by atoms with E-state index in [9.17, 15) is 9.59 Å². The largest absolute Gasteiger partial charge is 0.481 e. The first-order valence-electron chi connectivity index (χ1n) is 6.96. The number of amides is 1. The van der Waals surface area contributed by atoms with Gasteiger partial charge in [0, 0.05) is 19.4 Å². The number of hydrogen-bond donors (Lipinski definition) is 2. The van der Waals surface area contributed by atoms with Gasteiger partial charge in [-0.15, -0.1) is 0 Å². The van der Waals surface area contributed by atoms with E-state index in [2.05, 4.69) is 12.2 Å². The number of carbonyl (C=O) groups is 2. The van der Waals surface area contributed by atoms with Crippen molar-refractivity contribution in [3.8, 4) is 0 Å². The Balaban J connectivity index is 2.39. The first-order chi connectivity index (χ1) is 8.47. The summed E-state index contributed by atoms with van der Waals surface area (Å²) in [7, 11) is 0. The smallest absolute Gasteiger partial charge is 0.303 e. The van der Waals surface area contributed by atoms with Crippen LogP contribution in [0, 0.1) is 11.8 Å². The summed E-state index contributed by atoms with van der Waals surface area (Å²) < 4.78 is 0. The Morgan fingerprint density at radius 2 is 1.89 bits per heavy atom. The lowest BCUT2D eigenvalue weighted by atomic mass is 9.79. The highest BCUT2D eigenvalue weighted by atomic mass is 16.4. The summed E-state index contributed by atoms with van der Waals surface area (Å²) in [6, 6.07) is 0.0250. The molecule has 0 heterocycles. The second-order valence-electron chi connectivity index (χ2n) is 5.69. The fourth-order valence-electron chi connectivity index (χ4n) is 2.80. The molecule has 4 heteroatoms. The highest BCUT2D eigenvalue weighted by molar-refractivity contribution is 5.73. The van der Waals surface area contributed by atoms with Gasteiger partial charge in [0.2, 0.25) is 5.91 Å². The van der Waals surface area contributed by atoms with Crippen LogP contribution in [0.3, 0.4) is 0 Å². The van der Waals surface area contributed by atoms with Crippen molar-refractivity contribution in [3.63, 3.8) is 0 Å². The predicted molar refractivity (Wildman–Crippen MR) is 70.2 cm³/mol. The molecule has 1 rings (SSSR count). The van der Waals surface area contributed by atoms with Crippen LogP contribution in [0.4, 0.5) is 0 Å². The Morgan fingerprint density at radius 1 is 1.28 bits per heavy atom. The zero-order valence-electron chi connectivity index (χ0n) is 11.4. The van der Waals surface area contributed by atoms with Crippen LogP contribution < -0.4 is 5.32 Å². The molecule has 0 aromatic carbocycles. The molecule has 2 N–H and O–H groups in total. The van der Waals surface area contributed by atoms with Crippen molar-refractivity contribution in [2.24, 2.45) is 11.8 Å². The van der Waals surface area contributed by atoms with Gasteiger partial charge in [-0.1, -0.05) is 32.6 Å². The molecule has 0 aliphatic heterocycles. The van der Waals surface area contributed by atoms with E-state index in [0.29, 0.717) is 12.3 Å². The second-order valence-corrected chi connectivity index (χ2v) is 5.69. The molecule has 1 aliphatic carbocycles. The lowest BCUT2D eigenvalue weighted by Crippen LogP contribution is -2.35. The molecular weight excluding hydrogens is 230 g/mol. The molecule has 0 aromatic heterocycles. The molecule has 1 unspecified atom stereocenters. The molecule has 1 amide bonds. The van der Waals surface area contributed by atoms with Crippen molar-refractivity contribution in [3.05, 3.63) is 0 Å². The zero-order chi connectivity index (χ0) is 13.5. The lowest BCUT2D eigenvalue weighted by Gasteiger charge is -2.29. The molecule has 1 atom stereocenters. The van der Waals surface area contributed by atoms with Gasteiger partial charge in [0.05, 0.1) is 0 Å². The average molecular weight is 255 g/mol. The SMILES string of the molecule is CC(=O)NC(CCC(=O)O)CC1CCC(C)CC1. The molecule has 0 radical (unpaired) electrons. The number of hydrogen-bond acceptors (Lipinski definition) is 2. The zero-order valence-corrected chi connectivity index (χ0v) is 11.4. The maximum atomic E-state index is 11.1. The standard InChI is InChI=1S/C14H25NO3/c1-10-3-5-12(6-4-10)9-13(15-11(2)16)7-8-14(17)18/h10,12-13H,3-9H2,1-2H3,(H,15,16)(H,17,18). The van der Waals surface area contributed by atoms with Crippen molar-refractivity contribution < 1.29 is 14.7 Å². The number of carbonyl (C=O) groups excluding carboxylic acids is 1. The summed E-state index contributed by atoms with van der Waals surface area (Å²) in [6.45, 7) is 3.78. The molecule has 4 nitrogen and oxygen atoms in total. The van der Waals surface area contributed by atoms with E-state index in [1.165, 1.54) is 32.6 Å². The van der Waals surface area contributed by atoms with Crippen LogP contribution in [0.15, 0.2) is 0 Å². The first kappa shape index (κ1) is 15.0. The van der Waals surface area contributed by atoms with Crippen molar-refractivity contribution in [1.82, 2.24) is 5.32 Å². The average Bonchev–Trinajstić information content (AvgIpc) is 2.28. The van der Waals surface area contributed by atoms with Gasteiger partial charge in [-0.3, -0.25) is 9.59 Å². The molecule has 0 aromatic rings. The monoisotopic (exact) mass is 255 g/mol. The Hall–Kier alpha value is -1.06. The van der Waals surface area contributed by atoms with Crippen LogP contribution in [0.1, 0.15) is 58.8 Å².